The number of rotatable bonds is 2. The summed E-state index contributed by atoms with van der Waals surface area (Å²) in [5.74, 6) is -2.03. The monoisotopic (exact) mass is 391 g/mol. The number of ether oxygens (including phenoxy) is 2. The minimum Gasteiger partial charge on any atom is -0.376 e. The SMILES string of the molecule is CN(C(=O)Nc1ccc(F)c(F)c1)C1COCc2[nH]c(=O)c3c(c21)CCOC3. The highest BCUT2D eigenvalue weighted by Gasteiger charge is 2.33. The molecule has 2 aliphatic rings. The first-order chi connectivity index (χ1) is 13.5. The molecular formula is C19H19F2N3O4. The molecule has 3 heterocycles. The summed E-state index contributed by atoms with van der Waals surface area (Å²) in [6.07, 6.45) is 0.580. The molecule has 28 heavy (non-hydrogen) atoms. The summed E-state index contributed by atoms with van der Waals surface area (Å²) in [6.45, 7) is 1.25. The van der Waals surface area contributed by atoms with E-state index in [9.17, 15) is 18.4 Å². The van der Waals surface area contributed by atoms with Gasteiger partial charge in [0.05, 0.1) is 32.5 Å². The highest BCUT2D eigenvalue weighted by Crippen LogP contribution is 2.33. The van der Waals surface area contributed by atoms with E-state index in [1.165, 1.54) is 11.0 Å². The number of nitrogens with zero attached hydrogens (tertiary/aromatic N) is 1. The predicted molar refractivity (Wildman–Crippen MR) is 96.0 cm³/mol. The molecule has 1 aromatic carbocycles. The molecule has 2 aliphatic heterocycles. The molecule has 7 nitrogen and oxygen atoms in total. The molecule has 0 fully saturated rings. The normalized spacial score (nSPS) is 18.2. The number of benzene rings is 1. The lowest BCUT2D eigenvalue weighted by Crippen LogP contribution is -2.41. The second-order valence-electron chi connectivity index (χ2n) is 6.81. The van der Waals surface area contributed by atoms with Gasteiger partial charge in [-0.3, -0.25) is 4.79 Å². The van der Waals surface area contributed by atoms with E-state index in [0.29, 0.717) is 24.3 Å². The number of halogens is 2. The minimum atomic E-state index is -1.04. The maximum absolute atomic E-state index is 13.4. The van der Waals surface area contributed by atoms with Crippen LogP contribution in [0, 0.1) is 11.6 Å². The Morgan fingerprint density at radius 2 is 2.04 bits per heavy atom. The fraction of sp³-hybridized carbons (Fsp3) is 0.368. The zero-order valence-corrected chi connectivity index (χ0v) is 15.2. The maximum atomic E-state index is 13.4. The van der Waals surface area contributed by atoms with Crippen LogP contribution >= 0.6 is 0 Å². The average Bonchev–Trinajstić information content (AvgIpc) is 2.70. The van der Waals surface area contributed by atoms with E-state index in [2.05, 4.69) is 10.3 Å². The maximum Gasteiger partial charge on any atom is 0.322 e. The number of urea groups is 1. The number of nitrogens with one attached hydrogen (secondary N) is 2. The summed E-state index contributed by atoms with van der Waals surface area (Å²) >= 11 is 0. The summed E-state index contributed by atoms with van der Waals surface area (Å²) in [6, 6.07) is 2.22. The predicted octanol–water partition coefficient (Wildman–Crippen LogP) is 2.46. The van der Waals surface area contributed by atoms with Gasteiger partial charge in [0.15, 0.2) is 11.6 Å². The quantitative estimate of drug-likeness (QED) is 0.824. The van der Waals surface area contributed by atoms with Crippen LogP contribution in [0.3, 0.4) is 0 Å². The Kier molecular flexibility index (Phi) is 4.86. The van der Waals surface area contributed by atoms with Crippen LogP contribution in [0.5, 0.6) is 0 Å². The number of fused-ring (bicyclic) bond motifs is 3. The summed E-state index contributed by atoms with van der Waals surface area (Å²) in [5, 5.41) is 2.56. The van der Waals surface area contributed by atoms with Gasteiger partial charge in [-0.15, -0.1) is 0 Å². The minimum absolute atomic E-state index is 0.143. The Hall–Kier alpha value is -2.78. The lowest BCUT2D eigenvalue weighted by molar-refractivity contribution is 0.0491. The van der Waals surface area contributed by atoms with Crippen LogP contribution in [0.2, 0.25) is 0 Å². The number of pyridine rings is 1. The van der Waals surface area contributed by atoms with E-state index < -0.39 is 23.7 Å². The smallest absolute Gasteiger partial charge is 0.322 e. The van der Waals surface area contributed by atoms with E-state index in [1.807, 2.05) is 0 Å². The number of aromatic nitrogens is 1. The molecule has 148 valence electrons. The van der Waals surface area contributed by atoms with Crippen molar-refractivity contribution in [3.05, 3.63) is 62.6 Å². The topological polar surface area (TPSA) is 83.7 Å². The van der Waals surface area contributed by atoms with E-state index in [1.54, 1.807) is 7.05 Å². The highest BCUT2D eigenvalue weighted by atomic mass is 19.2. The van der Waals surface area contributed by atoms with Crippen molar-refractivity contribution >= 4 is 11.7 Å². The second kappa shape index (κ2) is 7.33. The third-order valence-corrected chi connectivity index (χ3v) is 5.11. The van der Waals surface area contributed by atoms with Gasteiger partial charge in [0.2, 0.25) is 0 Å². The molecule has 0 saturated heterocycles. The number of hydrogen-bond donors (Lipinski definition) is 2. The Labute approximate surface area is 159 Å². The Bertz CT molecular complexity index is 992. The number of hydrogen-bond acceptors (Lipinski definition) is 4. The van der Waals surface area contributed by atoms with E-state index >= 15 is 0 Å². The van der Waals surface area contributed by atoms with Crippen molar-refractivity contribution in [3.8, 4) is 0 Å². The van der Waals surface area contributed by atoms with Gasteiger partial charge in [-0.05, 0) is 24.1 Å². The Balaban J connectivity index is 1.64. The number of carbonyl (C=O) groups excluding carboxylic acids is 1. The van der Waals surface area contributed by atoms with Crippen LogP contribution < -0.4 is 10.9 Å². The molecule has 0 radical (unpaired) electrons. The number of H-pyrrole nitrogens is 1. The van der Waals surface area contributed by atoms with Crippen molar-refractivity contribution in [2.24, 2.45) is 0 Å². The van der Waals surface area contributed by atoms with Crippen LogP contribution in [0.25, 0.3) is 0 Å². The van der Waals surface area contributed by atoms with Crippen LogP contribution in [0.1, 0.15) is 28.4 Å². The van der Waals surface area contributed by atoms with Gasteiger partial charge in [0.25, 0.3) is 5.56 Å². The van der Waals surface area contributed by atoms with Crippen molar-refractivity contribution in [1.82, 2.24) is 9.88 Å². The molecule has 0 aliphatic carbocycles. The van der Waals surface area contributed by atoms with Crippen molar-refractivity contribution in [2.45, 2.75) is 25.7 Å². The highest BCUT2D eigenvalue weighted by molar-refractivity contribution is 5.89. The first-order valence-corrected chi connectivity index (χ1v) is 8.87. The zero-order chi connectivity index (χ0) is 19.8. The number of aromatic amines is 1. The molecule has 0 bridgehead atoms. The molecule has 1 atom stereocenters. The zero-order valence-electron chi connectivity index (χ0n) is 15.2. The fourth-order valence-electron chi connectivity index (χ4n) is 3.65. The first-order valence-electron chi connectivity index (χ1n) is 8.87. The molecule has 0 saturated carbocycles. The van der Waals surface area contributed by atoms with Gasteiger partial charge in [0.1, 0.15) is 0 Å². The first kappa shape index (κ1) is 18.6. The third-order valence-electron chi connectivity index (χ3n) is 5.11. The van der Waals surface area contributed by atoms with Crippen molar-refractivity contribution in [2.75, 3.05) is 25.6 Å². The van der Waals surface area contributed by atoms with E-state index in [4.69, 9.17) is 9.47 Å². The van der Waals surface area contributed by atoms with Crippen LogP contribution in [-0.4, -0.2) is 36.2 Å². The van der Waals surface area contributed by atoms with Crippen molar-refractivity contribution < 1.29 is 23.0 Å². The summed E-state index contributed by atoms with van der Waals surface area (Å²) < 4.78 is 37.5. The second-order valence-corrected chi connectivity index (χ2v) is 6.81. The Morgan fingerprint density at radius 1 is 1.21 bits per heavy atom. The molecule has 2 N–H and O–H groups in total. The lowest BCUT2D eigenvalue weighted by atomic mass is 9.91. The van der Waals surface area contributed by atoms with Crippen molar-refractivity contribution in [3.63, 3.8) is 0 Å². The summed E-state index contributed by atoms with van der Waals surface area (Å²) in [7, 11) is 1.59. The van der Waals surface area contributed by atoms with Crippen LogP contribution in [-0.2, 0) is 29.1 Å². The van der Waals surface area contributed by atoms with Gasteiger partial charge in [-0.2, -0.15) is 0 Å². The molecular weight excluding hydrogens is 372 g/mol. The average molecular weight is 391 g/mol. The van der Waals surface area contributed by atoms with Gasteiger partial charge in [-0.25, -0.2) is 13.6 Å². The van der Waals surface area contributed by atoms with E-state index in [0.717, 1.165) is 23.3 Å². The number of amides is 2. The Morgan fingerprint density at radius 3 is 2.82 bits per heavy atom. The molecule has 9 heteroatoms. The number of likely N-dealkylation sites (N-methyl/N-ethyl adjacent to an activating group) is 1. The van der Waals surface area contributed by atoms with Gasteiger partial charge >= 0.3 is 6.03 Å². The van der Waals surface area contributed by atoms with Crippen LogP contribution in [0.4, 0.5) is 19.3 Å². The number of carbonyl (C=O) groups is 1. The molecule has 2 aromatic rings. The van der Waals surface area contributed by atoms with Gasteiger partial charge < -0.3 is 24.7 Å². The van der Waals surface area contributed by atoms with Crippen LogP contribution in [0.15, 0.2) is 23.0 Å². The molecule has 4 rings (SSSR count). The van der Waals surface area contributed by atoms with E-state index in [-0.39, 0.29) is 31.1 Å². The van der Waals surface area contributed by atoms with Gasteiger partial charge in [-0.1, -0.05) is 0 Å². The summed E-state index contributed by atoms with van der Waals surface area (Å²) in [4.78, 5) is 29.3. The largest absolute Gasteiger partial charge is 0.376 e. The third kappa shape index (κ3) is 3.27. The fourth-order valence-corrected chi connectivity index (χ4v) is 3.65. The number of anilines is 1. The molecule has 1 unspecified atom stereocenters. The standard InChI is InChI=1S/C19H19F2N3O4/c1-24(19(26)22-10-2-3-13(20)14(21)6-10)16-9-28-8-15-17(16)11-4-5-27-7-12(11)18(25)23-15/h2-3,6,16H,4-5,7-9H2,1H3,(H,22,26)(H,23,25). The molecule has 0 spiro atoms. The van der Waals surface area contributed by atoms with Gasteiger partial charge in [0, 0.05) is 35.6 Å². The lowest BCUT2D eigenvalue weighted by Gasteiger charge is -2.35. The molecule has 2 amide bonds. The summed E-state index contributed by atoms with van der Waals surface area (Å²) in [5.41, 5.74) is 2.93. The van der Waals surface area contributed by atoms with Crippen molar-refractivity contribution in [1.29, 1.82) is 0 Å². The molecule has 1 aromatic heterocycles.